The molecule has 1 atom stereocenters. The summed E-state index contributed by atoms with van der Waals surface area (Å²) in [6, 6.07) is 12.6. The van der Waals surface area contributed by atoms with E-state index in [1.54, 1.807) is 45.1 Å². The normalized spacial score (nSPS) is 12.1. The Bertz CT molecular complexity index is 742. The summed E-state index contributed by atoms with van der Waals surface area (Å²) >= 11 is 0. The number of alkyl carbamates (subject to hydrolysis) is 1. The Labute approximate surface area is 160 Å². The van der Waals surface area contributed by atoms with Crippen LogP contribution in [-0.4, -0.2) is 40.6 Å². The van der Waals surface area contributed by atoms with Crippen molar-refractivity contribution in [1.29, 1.82) is 0 Å². The molecule has 0 aliphatic carbocycles. The highest BCUT2D eigenvalue weighted by Gasteiger charge is 2.27. The van der Waals surface area contributed by atoms with Crippen molar-refractivity contribution in [2.45, 2.75) is 45.4 Å². The first-order valence-corrected chi connectivity index (χ1v) is 8.92. The number of benzene rings is 1. The fraction of sp³-hybridized carbons (Fsp3) is 0.381. The summed E-state index contributed by atoms with van der Waals surface area (Å²) < 4.78 is 5.32. The van der Waals surface area contributed by atoms with Crippen molar-refractivity contribution in [3.8, 4) is 0 Å². The maximum atomic E-state index is 13.0. The van der Waals surface area contributed by atoms with Crippen molar-refractivity contribution in [3.63, 3.8) is 0 Å². The molecule has 1 unspecified atom stereocenters. The Morgan fingerprint density at radius 2 is 1.78 bits per heavy atom. The molecule has 0 spiro atoms. The van der Waals surface area contributed by atoms with Crippen LogP contribution in [0.3, 0.4) is 0 Å². The van der Waals surface area contributed by atoms with Crippen LogP contribution in [0.2, 0.25) is 0 Å². The lowest BCUT2D eigenvalue weighted by Gasteiger charge is -2.26. The second kappa shape index (κ2) is 9.16. The molecular weight excluding hydrogens is 342 g/mol. The molecule has 1 heterocycles. The van der Waals surface area contributed by atoms with Crippen molar-refractivity contribution in [1.82, 2.24) is 15.2 Å². The number of carbonyl (C=O) groups excluding carboxylic acids is 2. The Kier molecular flexibility index (Phi) is 6.93. The summed E-state index contributed by atoms with van der Waals surface area (Å²) in [5.41, 5.74) is 1.25. The van der Waals surface area contributed by atoms with Crippen molar-refractivity contribution < 1.29 is 14.3 Å². The van der Waals surface area contributed by atoms with Gasteiger partial charge in [0.1, 0.15) is 11.6 Å². The molecule has 1 aromatic carbocycles. The van der Waals surface area contributed by atoms with E-state index < -0.39 is 17.7 Å². The van der Waals surface area contributed by atoms with Gasteiger partial charge in [-0.15, -0.1) is 0 Å². The zero-order chi connectivity index (χ0) is 19.9. The van der Waals surface area contributed by atoms with Gasteiger partial charge in [-0.2, -0.15) is 0 Å². The minimum atomic E-state index is -0.719. The summed E-state index contributed by atoms with van der Waals surface area (Å²) in [5.74, 6) is -0.187. The summed E-state index contributed by atoms with van der Waals surface area (Å²) in [7, 11) is 1.71. The first-order chi connectivity index (χ1) is 12.7. The first kappa shape index (κ1) is 20.4. The van der Waals surface area contributed by atoms with Crippen LogP contribution in [0.1, 0.15) is 31.9 Å². The molecule has 1 N–H and O–H groups in total. The molecule has 0 aliphatic rings. The minimum Gasteiger partial charge on any atom is -0.444 e. The predicted molar refractivity (Wildman–Crippen MR) is 104 cm³/mol. The SMILES string of the molecule is CN(Cc1cccnc1)C(=O)C(Cc1ccccc1)NC(=O)OC(C)(C)C. The topological polar surface area (TPSA) is 71.5 Å². The second-order valence-electron chi connectivity index (χ2n) is 7.44. The minimum absolute atomic E-state index is 0.187. The molecule has 0 aliphatic heterocycles. The van der Waals surface area contributed by atoms with Gasteiger partial charge in [-0.1, -0.05) is 36.4 Å². The monoisotopic (exact) mass is 369 g/mol. The van der Waals surface area contributed by atoms with E-state index in [0.29, 0.717) is 13.0 Å². The fourth-order valence-electron chi connectivity index (χ4n) is 2.61. The lowest BCUT2D eigenvalue weighted by Crippen LogP contribution is -2.49. The smallest absolute Gasteiger partial charge is 0.408 e. The number of carbonyl (C=O) groups is 2. The number of pyridine rings is 1. The van der Waals surface area contributed by atoms with Gasteiger partial charge < -0.3 is 15.0 Å². The fourth-order valence-corrected chi connectivity index (χ4v) is 2.61. The van der Waals surface area contributed by atoms with Gasteiger partial charge in [0, 0.05) is 32.4 Å². The molecule has 2 amide bonds. The first-order valence-electron chi connectivity index (χ1n) is 8.92. The quantitative estimate of drug-likeness (QED) is 0.849. The van der Waals surface area contributed by atoms with Crippen molar-refractivity contribution in [2.75, 3.05) is 7.05 Å². The number of aromatic nitrogens is 1. The maximum absolute atomic E-state index is 13.0. The van der Waals surface area contributed by atoms with Gasteiger partial charge in [0.2, 0.25) is 5.91 Å². The third kappa shape index (κ3) is 7.09. The molecule has 6 heteroatoms. The lowest BCUT2D eigenvalue weighted by atomic mass is 10.0. The number of nitrogens with zero attached hydrogens (tertiary/aromatic N) is 2. The molecule has 0 saturated heterocycles. The molecule has 0 saturated carbocycles. The highest BCUT2D eigenvalue weighted by molar-refractivity contribution is 5.85. The van der Waals surface area contributed by atoms with Crippen LogP contribution < -0.4 is 5.32 Å². The molecule has 2 aromatic rings. The second-order valence-corrected chi connectivity index (χ2v) is 7.44. The summed E-state index contributed by atoms with van der Waals surface area (Å²) in [5, 5.41) is 2.72. The van der Waals surface area contributed by atoms with Crippen molar-refractivity contribution in [3.05, 3.63) is 66.0 Å². The van der Waals surface area contributed by atoms with Gasteiger partial charge in [0.15, 0.2) is 0 Å². The van der Waals surface area contributed by atoms with E-state index in [1.807, 2.05) is 42.5 Å². The van der Waals surface area contributed by atoms with E-state index >= 15 is 0 Å². The Balaban J connectivity index is 2.11. The number of amides is 2. The summed E-state index contributed by atoms with van der Waals surface area (Å²) in [4.78, 5) is 30.9. The maximum Gasteiger partial charge on any atom is 0.408 e. The van der Waals surface area contributed by atoms with Crippen LogP contribution in [-0.2, 0) is 22.5 Å². The van der Waals surface area contributed by atoms with Gasteiger partial charge in [0.25, 0.3) is 0 Å². The van der Waals surface area contributed by atoms with Gasteiger partial charge >= 0.3 is 6.09 Å². The highest BCUT2D eigenvalue weighted by Crippen LogP contribution is 2.11. The number of hydrogen-bond donors (Lipinski definition) is 1. The van der Waals surface area contributed by atoms with Crippen LogP contribution in [0, 0.1) is 0 Å². The van der Waals surface area contributed by atoms with Gasteiger partial charge in [-0.05, 0) is 38.0 Å². The standard InChI is InChI=1S/C21H27N3O3/c1-21(2,3)27-20(26)23-18(13-16-9-6-5-7-10-16)19(25)24(4)15-17-11-8-12-22-14-17/h5-12,14,18H,13,15H2,1-4H3,(H,23,26). The zero-order valence-electron chi connectivity index (χ0n) is 16.3. The molecule has 6 nitrogen and oxygen atoms in total. The average molecular weight is 369 g/mol. The van der Waals surface area contributed by atoms with E-state index in [9.17, 15) is 9.59 Å². The largest absolute Gasteiger partial charge is 0.444 e. The third-order valence-corrected chi connectivity index (χ3v) is 3.79. The van der Waals surface area contributed by atoms with E-state index in [0.717, 1.165) is 11.1 Å². The van der Waals surface area contributed by atoms with Crippen LogP contribution in [0.5, 0.6) is 0 Å². The Morgan fingerprint density at radius 1 is 1.11 bits per heavy atom. The van der Waals surface area contributed by atoms with Crippen LogP contribution >= 0.6 is 0 Å². The van der Waals surface area contributed by atoms with Gasteiger partial charge in [-0.3, -0.25) is 9.78 Å². The third-order valence-electron chi connectivity index (χ3n) is 3.79. The molecule has 1 aromatic heterocycles. The van der Waals surface area contributed by atoms with Gasteiger partial charge in [0.05, 0.1) is 0 Å². The lowest BCUT2D eigenvalue weighted by molar-refractivity contribution is -0.132. The summed E-state index contributed by atoms with van der Waals surface area (Å²) in [6.07, 6.45) is 3.19. The zero-order valence-corrected chi connectivity index (χ0v) is 16.3. The number of hydrogen-bond acceptors (Lipinski definition) is 4. The molecule has 0 bridgehead atoms. The number of rotatable bonds is 6. The van der Waals surface area contributed by atoms with Crippen LogP contribution in [0.15, 0.2) is 54.9 Å². The number of nitrogens with one attached hydrogen (secondary N) is 1. The van der Waals surface area contributed by atoms with E-state index in [4.69, 9.17) is 4.74 Å². The molecule has 0 fully saturated rings. The van der Waals surface area contributed by atoms with E-state index in [2.05, 4.69) is 10.3 Å². The van der Waals surface area contributed by atoms with Crippen molar-refractivity contribution in [2.24, 2.45) is 0 Å². The number of likely N-dealkylation sites (N-methyl/N-ethyl adjacent to an activating group) is 1. The Morgan fingerprint density at radius 3 is 2.37 bits per heavy atom. The van der Waals surface area contributed by atoms with E-state index in [1.165, 1.54) is 0 Å². The van der Waals surface area contributed by atoms with Crippen LogP contribution in [0.4, 0.5) is 4.79 Å². The molecule has 2 rings (SSSR count). The van der Waals surface area contributed by atoms with Crippen LogP contribution in [0.25, 0.3) is 0 Å². The summed E-state index contributed by atoms with van der Waals surface area (Å²) in [6.45, 7) is 5.77. The number of ether oxygens (including phenoxy) is 1. The molecule has 0 radical (unpaired) electrons. The molecule has 27 heavy (non-hydrogen) atoms. The molecule has 144 valence electrons. The van der Waals surface area contributed by atoms with E-state index in [-0.39, 0.29) is 5.91 Å². The predicted octanol–water partition coefficient (Wildman–Crippen LogP) is 3.18. The average Bonchev–Trinajstić information content (AvgIpc) is 2.60. The Hall–Kier alpha value is -2.89. The van der Waals surface area contributed by atoms with Crippen molar-refractivity contribution >= 4 is 12.0 Å². The van der Waals surface area contributed by atoms with Gasteiger partial charge in [-0.25, -0.2) is 4.79 Å². The highest BCUT2D eigenvalue weighted by atomic mass is 16.6. The molecular formula is C21H27N3O3.